The number of nitrogens with zero attached hydrogens (tertiary/aromatic N) is 2. The Bertz CT molecular complexity index is 237. The van der Waals surface area contributed by atoms with Gasteiger partial charge < -0.3 is 4.90 Å². The first-order chi connectivity index (χ1) is 5.25. The predicted octanol–water partition coefficient (Wildman–Crippen LogP) is 2.30. The number of hydrogen-bond acceptors (Lipinski definition) is 2. The predicted molar refractivity (Wildman–Crippen MR) is 50.9 cm³/mol. The van der Waals surface area contributed by atoms with Crippen LogP contribution in [0.5, 0.6) is 0 Å². The van der Waals surface area contributed by atoms with Crippen molar-refractivity contribution in [3.63, 3.8) is 0 Å². The van der Waals surface area contributed by atoms with E-state index in [-0.39, 0.29) is 0 Å². The molecular weight excluding hydrogens is 204 g/mol. The summed E-state index contributed by atoms with van der Waals surface area (Å²) in [7, 11) is 2.06. The van der Waals surface area contributed by atoms with Crippen LogP contribution in [0.15, 0.2) is 22.9 Å². The smallest absolute Gasteiger partial charge is 0.0592 e. The summed E-state index contributed by atoms with van der Waals surface area (Å²) in [5.41, 5.74) is 1.18. The quantitative estimate of drug-likeness (QED) is 0.752. The van der Waals surface area contributed by atoms with Crippen LogP contribution in [0.2, 0.25) is 0 Å². The lowest BCUT2D eigenvalue weighted by Gasteiger charge is -2.17. The molecule has 0 radical (unpaired) electrons. The van der Waals surface area contributed by atoms with E-state index in [2.05, 4.69) is 39.8 Å². The van der Waals surface area contributed by atoms with E-state index in [1.807, 2.05) is 12.3 Å². The molecule has 0 aliphatic heterocycles. The normalized spacial score (nSPS) is 9.73. The number of anilines is 1. The molecule has 1 rings (SSSR count). The average molecular weight is 215 g/mol. The molecular formula is C8H11BrN2. The molecule has 0 amide bonds. The van der Waals surface area contributed by atoms with Gasteiger partial charge in [0.05, 0.1) is 10.2 Å². The van der Waals surface area contributed by atoms with Crippen molar-refractivity contribution in [2.24, 2.45) is 0 Å². The van der Waals surface area contributed by atoms with Gasteiger partial charge in [0.1, 0.15) is 0 Å². The van der Waals surface area contributed by atoms with Crippen molar-refractivity contribution in [3.8, 4) is 0 Å². The largest absolute Gasteiger partial charge is 0.374 e. The Morgan fingerprint density at radius 3 is 2.91 bits per heavy atom. The minimum Gasteiger partial charge on any atom is -0.374 e. The van der Waals surface area contributed by atoms with Crippen molar-refractivity contribution in [3.05, 3.63) is 22.9 Å². The fraction of sp³-hybridized carbons (Fsp3) is 0.375. The van der Waals surface area contributed by atoms with Crippen LogP contribution in [0.25, 0.3) is 0 Å². The van der Waals surface area contributed by atoms with E-state index in [1.165, 1.54) is 5.69 Å². The first-order valence-corrected chi connectivity index (χ1v) is 4.35. The summed E-state index contributed by atoms with van der Waals surface area (Å²) < 4.78 is 1.05. The number of rotatable bonds is 2. The maximum absolute atomic E-state index is 3.99. The Balaban J connectivity index is 2.93. The molecule has 0 saturated carbocycles. The van der Waals surface area contributed by atoms with Gasteiger partial charge in [0.2, 0.25) is 0 Å². The molecule has 0 aromatic carbocycles. The van der Waals surface area contributed by atoms with E-state index >= 15 is 0 Å². The molecule has 11 heavy (non-hydrogen) atoms. The highest BCUT2D eigenvalue weighted by Gasteiger charge is 2.01. The van der Waals surface area contributed by atoms with Crippen molar-refractivity contribution in [2.75, 3.05) is 18.5 Å². The molecule has 0 N–H and O–H groups in total. The standard InChI is InChI=1S/C8H11BrN2/c1-3-11(2)8-4-5-10-6-7(8)9/h4-6H,3H2,1-2H3. The Kier molecular flexibility index (Phi) is 2.88. The zero-order valence-electron chi connectivity index (χ0n) is 6.71. The number of pyridine rings is 1. The minimum absolute atomic E-state index is 1.00. The third kappa shape index (κ3) is 1.93. The van der Waals surface area contributed by atoms with Gasteiger partial charge in [-0.25, -0.2) is 0 Å². The fourth-order valence-corrected chi connectivity index (χ4v) is 1.40. The second-order valence-electron chi connectivity index (χ2n) is 2.34. The van der Waals surface area contributed by atoms with Crippen LogP contribution in [0.3, 0.4) is 0 Å². The lowest BCUT2D eigenvalue weighted by Crippen LogP contribution is -2.16. The van der Waals surface area contributed by atoms with Crippen LogP contribution in [-0.4, -0.2) is 18.6 Å². The maximum atomic E-state index is 3.99. The highest BCUT2D eigenvalue weighted by atomic mass is 79.9. The second kappa shape index (κ2) is 3.72. The van der Waals surface area contributed by atoms with Crippen LogP contribution in [0.1, 0.15) is 6.92 Å². The maximum Gasteiger partial charge on any atom is 0.0592 e. The Hall–Kier alpha value is -0.570. The van der Waals surface area contributed by atoms with Crippen molar-refractivity contribution >= 4 is 21.6 Å². The summed E-state index contributed by atoms with van der Waals surface area (Å²) in [6.07, 6.45) is 3.60. The van der Waals surface area contributed by atoms with E-state index in [1.54, 1.807) is 6.20 Å². The highest BCUT2D eigenvalue weighted by Crippen LogP contribution is 2.22. The molecule has 0 unspecified atom stereocenters. The molecule has 0 spiro atoms. The molecule has 0 aliphatic carbocycles. The zero-order valence-corrected chi connectivity index (χ0v) is 8.30. The van der Waals surface area contributed by atoms with Gasteiger partial charge in [-0.05, 0) is 28.9 Å². The number of hydrogen-bond donors (Lipinski definition) is 0. The lowest BCUT2D eigenvalue weighted by molar-refractivity contribution is 0.961. The Morgan fingerprint density at radius 2 is 2.36 bits per heavy atom. The molecule has 0 bridgehead atoms. The lowest BCUT2D eigenvalue weighted by atomic mass is 10.4. The summed E-state index contributed by atoms with van der Waals surface area (Å²) in [6.45, 7) is 3.12. The summed E-state index contributed by atoms with van der Waals surface area (Å²) in [5.74, 6) is 0. The van der Waals surface area contributed by atoms with Crippen LogP contribution < -0.4 is 4.90 Å². The van der Waals surface area contributed by atoms with E-state index in [0.717, 1.165) is 11.0 Å². The van der Waals surface area contributed by atoms with E-state index in [9.17, 15) is 0 Å². The van der Waals surface area contributed by atoms with E-state index in [4.69, 9.17) is 0 Å². The summed E-state index contributed by atoms with van der Waals surface area (Å²) in [5, 5.41) is 0. The highest BCUT2D eigenvalue weighted by molar-refractivity contribution is 9.10. The van der Waals surface area contributed by atoms with Gasteiger partial charge in [0.25, 0.3) is 0 Å². The topological polar surface area (TPSA) is 16.1 Å². The SMILES string of the molecule is CCN(C)c1ccncc1Br. The van der Waals surface area contributed by atoms with E-state index < -0.39 is 0 Å². The van der Waals surface area contributed by atoms with Gasteiger partial charge in [-0.3, -0.25) is 4.98 Å². The van der Waals surface area contributed by atoms with Crippen molar-refractivity contribution in [2.45, 2.75) is 6.92 Å². The van der Waals surface area contributed by atoms with Gasteiger partial charge in [-0.1, -0.05) is 0 Å². The van der Waals surface area contributed by atoms with Gasteiger partial charge in [-0.2, -0.15) is 0 Å². The summed E-state index contributed by atoms with van der Waals surface area (Å²) >= 11 is 3.43. The summed E-state index contributed by atoms with van der Waals surface area (Å²) in [4.78, 5) is 6.15. The molecule has 3 heteroatoms. The van der Waals surface area contributed by atoms with Crippen LogP contribution in [0, 0.1) is 0 Å². The van der Waals surface area contributed by atoms with Gasteiger partial charge >= 0.3 is 0 Å². The number of halogens is 1. The summed E-state index contributed by atoms with van der Waals surface area (Å²) in [6, 6.07) is 1.99. The molecule has 0 aliphatic rings. The molecule has 0 fully saturated rings. The molecule has 1 heterocycles. The molecule has 0 saturated heterocycles. The third-order valence-electron chi connectivity index (χ3n) is 1.64. The second-order valence-corrected chi connectivity index (χ2v) is 3.20. The van der Waals surface area contributed by atoms with Crippen LogP contribution in [0.4, 0.5) is 5.69 Å². The zero-order chi connectivity index (χ0) is 8.27. The first-order valence-electron chi connectivity index (χ1n) is 3.56. The fourth-order valence-electron chi connectivity index (χ4n) is 0.848. The van der Waals surface area contributed by atoms with E-state index in [0.29, 0.717) is 0 Å². The van der Waals surface area contributed by atoms with Crippen LogP contribution >= 0.6 is 15.9 Å². The van der Waals surface area contributed by atoms with Gasteiger partial charge in [0.15, 0.2) is 0 Å². The Morgan fingerprint density at radius 1 is 1.64 bits per heavy atom. The number of aromatic nitrogens is 1. The molecule has 2 nitrogen and oxygen atoms in total. The third-order valence-corrected chi connectivity index (χ3v) is 2.25. The first kappa shape index (κ1) is 8.53. The van der Waals surface area contributed by atoms with Crippen molar-refractivity contribution in [1.82, 2.24) is 4.98 Å². The molecule has 1 aromatic rings. The van der Waals surface area contributed by atoms with Gasteiger partial charge in [0, 0.05) is 26.0 Å². The molecule has 60 valence electrons. The molecule has 0 atom stereocenters. The van der Waals surface area contributed by atoms with Crippen molar-refractivity contribution < 1.29 is 0 Å². The molecule has 1 aromatic heterocycles. The minimum atomic E-state index is 1.00. The Labute approximate surface area is 75.4 Å². The van der Waals surface area contributed by atoms with Crippen LogP contribution in [-0.2, 0) is 0 Å². The monoisotopic (exact) mass is 214 g/mol. The van der Waals surface area contributed by atoms with Crippen molar-refractivity contribution in [1.29, 1.82) is 0 Å². The van der Waals surface area contributed by atoms with Gasteiger partial charge in [-0.15, -0.1) is 0 Å². The average Bonchev–Trinajstić information content (AvgIpc) is 2.04.